The van der Waals surface area contributed by atoms with E-state index in [1.807, 2.05) is 65.5 Å². The number of carbonyl (C=O) groups excluding carboxylic acids is 1. The fourth-order valence-electron chi connectivity index (χ4n) is 3.61. The van der Waals surface area contributed by atoms with E-state index in [2.05, 4.69) is 21.8 Å². The molecule has 2 aromatic carbocycles. The van der Waals surface area contributed by atoms with Gasteiger partial charge in [-0.15, -0.1) is 0 Å². The number of urea groups is 1. The van der Waals surface area contributed by atoms with E-state index >= 15 is 0 Å². The van der Waals surface area contributed by atoms with Crippen LogP contribution in [0.1, 0.15) is 23.9 Å². The average molecular weight is 513 g/mol. The van der Waals surface area contributed by atoms with Gasteiger partial charge in [-0.3, -0.25) is 0 Å². The summed E-state index contributed by atoms with van der Waals surface area (Å²) in [6, 6.07) is 20.3. The van der Waals surface area contributed by atoms with Crippen LogP contribution in [0.5, 0.6) is 0 Å². The molecule has 2 amide bonds. The molecular weight excluding hydrogens is 485 g/mol. The largest absolute Gasteiger partial charge is 0.337 e. The molecule has 0 bridgehead atoms. The number of hydrogen-bond donors (Lipinski definition) is 2. The Labute approximate surface area is 233 Å². The van der Waals surface area contributed by atoms with E-state index in [9.17, 15) is 13.2 Å². The van der Waals surface area contributed by atoms with Gasteiger partial charge in [-0.2, -0.15) is 8.42 Å². The van der Waals surface area contributed by atoms with Crippen molar-refractivity contribution in [3.8, 4) is 16.9 Å². The van der Waals surface area contributed by atoms with Crippen LogP contribution in [0.25, 0.3) is 16.9 Å². The Bertz CT molecular complexity index is 1400. The van der Waals surface area contributed by atoms with E-state index in [4.69, 9.17) is 4.98 Å². The quantitative estimate of drug-likeness (QED) is 0.351. The molecule has 4 rings (SSSR count). The smallest absolute Gasteiger partial charge is 0.328 e. The van der Waals surface area contributed by atoms with E-state index in [1.54, 1.807) is 13.0 Å². The van der Waals surface area contributed by atoms with E-state index in [0.29, 0.717) is 6.42 Å². The summed E-state index contributed by atoms with van der Waals surface area (Å²) in [5.41, 5.74) is 4.84. The van der Waals surface area contributed by atoms with Crippen LogP contribution in [0, 0.1) is 6.92 Å². The van der Waals surface area contributed by atoms with Crippen LogP contribution in [-0.2, 0) is 22.9 Å². The maximum atomic E-state index is 12.3. The molecule has 36 heavy (non-hydrogen) atoms. The number of amides is 2. The summed E-state index contributed by atoms with van der Waals surface area (Å²) in [5, 5.41) is 2.38. The number of pyridine rings is 1. The summed E-state index contributed by atoms with van der Waals surface area (Å²) in [4.78, 5) is 20.7. The van der Waals surface area contributed by atoms with Crippen molar-refractivity contribution in [2.24, 2.45) is 0 Å². The number of hydrogen-bond acceptors (Lipinski definition) is 5. The second kappa shape index (κ2) is 12.3. The Balaban J connectivity index is 0.00000361. The topological polar surface area (TPSA) is 106 Å². The SMILES string of the molecule is CCc1nc(-c2ccccc2)cn1-c1ccc(CCNC(=O)NS(=O)(=O)c2ccc(C)cn2)cc1.[Na]. The molecule has 0 saturated carbocycles. The normalized spacial score (nSPS) is 10.9. The van der Waals surface area contributed by atoms with Gasteiger partial charge in [0, 0.05) is 66.2 Å². The Kier molecular flexibility index (Phi) is 9.44. The summed E-state index contributed by atoms with van der Waals surface area (Å²) in [6.45, 7) is 4.16. The van der Waals surface area contributed by atoms with Gasteiger partial charge in [0.1, 0.15) is 5.82 Å². The van der Waals surface area contributed by atoms with Crippen molar-refractivity contribution in [1.29, 1.82) is 0 Å². The molecule has 4 aromatic rings. The number of imidazole rings is 1. The van der Waals surface area contributed by atoms with Crippen molar-refractivity contribution < 1.29 is 13.2 Å². The molecule has 0 saturated heterocycles. The van der Waals surface area contributed by atoms with Gasteiger partial charge in [-0.1, -0.05) is 55.5 Å². The molecule has 1 radical (unpaired) electrons. The number of aryl methyl sites for hydroxylation is 2. The first kappa shape index (κ1) is 27.6. The van der Waals surface area contributed by atoms with Gasteiger partial charge in [-0.05, 0) is 42.7 Å². The Hall–Kier alpha value is -2.98. The predicted octanol–water partition coefficient (Wildman–Crippen LogP) is 3.65. The van der Waals surface area contributed by atoms with Gasteiger partial charge in [0.25, 0.3) is 10.0 Å². The van der Waals surface area contributed by atoms with E-state index in [1.165, 1.54) is 12.3 Å². The molecule has 0 spiro atoms. The van der Waals surface area contributed by atoms with E-state index < -0.39 is 16.1 Å². The molecule has 0 atom stereocenters. The van der Waals surface area contributed by atoms with Crippen LogP contribution in [0.15, 0.2) is 84.1 Å². The standard InChI is InChI=1S/C26H27N5O3S.Na/c1-3-24-29-23(21-7-5-4-6-8-21)18-31(24)22-12-10-20(11-13-22)15-16-27-26(32)30-35(33,34)25-14-9-19(2)17-28-25;/h4-14,17-18H,3,15-16H2,1-2H3,(H2,27,30,32);. The summed E-state index contributed by atoms with van der Waals surface area (Å²) < 4.78 is 28.6. The van der Waals surface area contributed by atoms with Gasteiger partial charge in [-0.25, -0.2) is 19.5 Å². The number of nitrogens with zero attached hydrogens (tertiary/aromatic N) is 3. The molecule has 8 nitrogen and oxygen atoms in total. The van der Waals surface area contributed by atoms with Crippen molar-refractivity contribution in [2.75, 3.05) is 6.54 Å². The Morgan fingerprint density at radius 2 is 1.72 bits per heavy atom. The first-order chi connectivity index (χ1) is 16.9. The van der Waals surface area contributed by atoms with Gasteiger partial charge < -0.3 is 9.88 Å². The van der Waals surface area contributed by atoms with Crippen LogP contribution in [0.4, 0.5) is 4.79 Å². The van der Waals surface area contributed by atoms with Crippen molar-refractivity contribution >= 4 is 45.6 Å². The third-order valence-corrected chi connectivity index (χ3v) is 6.71. The maximum absolute atomic E-state index is 12.3. The van der Waals surface area contributed by atoms with Crippen LogP contribution >= 0.6 is 0 Å². The van der Waals surface area contributed by atoms with Gasteiger partial charge >= 0.3 is 6.03 Å². The zero-order valence-electron chi connectivity index (χ0n) is 20.6. The zero-order valence-corrected chi connectivity index (χ0v) is 23.4. The molecule has 2 aromatic heterocycles. The number of aromatic nitrogens is 3. The first-order valence-electron chi connectivity index (χ1n) is 11.3. The predicted molar refractivity (Wildman–Crippen MR) is 141 cm³/mol. The number of sulfonamides is 1. The fourth-order valence-corrected chi connectivity index (χ4v) is 4.47. The minimum Gasteiger partial charge on any atom is -0.337 e. The summed E-state index contributed by atoms with van der Waals surface area (Å²) >= 11 is 0. The summed E-state index contributed by atoms with van der Waals surface area (Å²) in [5.74, 6) is 0.971. The van der Waals surface area contributed by atoms with Gasteiger partial charge in [0.15, 0.2) is 5.03 Å². The number of benzene rings is 2. The molecule has 0 aliphatic carbocycles. The molecular formula is C26H27N5NaO3S. The third-order valence-electron chi connectivity index (χ3n) is 5.47. The van der Waals surface area contributed by atoms with Crippen LogP contribution in [0.2, 0.25) is 0 Å². The monoisotopic (exact) mass is 512 g/mol. The molecule has 181 valence electrons. The van der Waals surface area contributed by atoms with E-state index in [0.717, 1.165) is 40.3 Å². The number of nitrogens with one attached hydrogen (secondary N) is 2. The molecule has 0 aliphatic rings. The van der Waals surface area contributed by atoms with Crippen molar-refractivity contribution in [2.45, 2.75) is 31.7 Å². The van der Waals surface area contributed by atoms with E-state index in [-0.39, 0.29) is 41.1 Å². The fraction of sp³-hybridized carbons (Fsp3) is 0.192. The summed E-state index contributed by atoms with van der Waals surface area (Å²) in [6.07, 6.45) is 4.83. The Morgan fingerprint density at radius 1 is 1.00 bits per heavy atom. The second-order valence-electron chi connectivity index (χ2n) is 8.08. The van der Waals surface area contributed by atoms with Crippen LogP contribution in [0.3, 0.4) is 0 Å². The first-order valence-corrected chi connectivity index (χ1v) is 12.8. The maximum Gasteiger partial charge on any atom is 0.328 e. The average Bonchev–Trinajstić information content (AvgIpc) is 3.30. The second-order valence-corrected chi connectivity index (χ2v) is 9.71. The summed E-state index contributed by atoms with van der Waals surface area (Å²) in [7, 11) is -4.01. The van der Waals surface area contributed by atoms with Crippen molar-refractivity contribution in [3.05, 3.63) is 96.1 Å². The van der Waals surface area contributed by atoms with Gasteiger partial charge in [0.05, 0.1) is 5.69 Å². The molecule has 0 fully saturated rings. The van der Waals surface area contributed by atoms with Crippen molar-refractivity contribution in [3.63, 3.8) is 0 Å². The molecule has 2 heterocycles. The number of rotatable bonds is 8. The number of carbonyl (C=O) groups is 1. The van der Waals surface area contributed by atoms with Crippen LogP contribution in [-0.4, -0.2) is 65.1 Å². The molecule has 2 N–H and O–H groups in total. The van der Waals surface area contributed by atoms with Crippen LogP contribution < -0.4 is 10.0 Å². The Morgan fingerprint density at radius 3 is 2.36 bits per heavy atom. The van der Waals surface area contributed by atoms with Gasteiger partial charge in [0.2, 0.25) is 0 Å². The van der Waals surface area contributed by atoms with Crippen molar-refractivity contribution in [1.82, 2.24) is 24.6 Å². The molecule has 10 heteroatoms. The minimum atomic E-state index is -4.01. The molecule has 0 aliphatic heterocycles. The molecule has 0 unspecified atom stereocenters. The minimum absolute atomic E-state index is 0. The zero-order chi connectivity index (χ0) is 24.8. The third kappa shape index (κ3) is 6.82.